The minimum absolute atomic E-state index is 0.253. The van der Waals surface area contributed by atoms with Crippen molar-refractivity contribution < 1.29 is 9.47 Å². The number of rotatable bonds is 7. The third-order valence-corrected chi connectivity index (χ3v) is 2.28. The molecule has 0 heterocycles. The first-order valence-corrected chi connectivity index (χ1v) is 5.68. The Morgan fingerprint density at radius 3 is 2.88 bits per heavy atom. The molecule has 2 N–H and O–H groups in total. The van der Waals surface area contributed by atoms with Gasteiger partial charge in [0.15, 0.2) is 0 Å². The minimum Gasteiger partial charge on any atom is -0.494 e. The summed E-state index contributed by atoms with van der Waals surface area (Å²) in [5.41, 5.74) is 6.80. The van der Waals surface area contributed by atoms with Crippen LogP contribution in [0.4, 0.5) is 0 Å². The number of methoxy groups -OCH3 is 1. The van der Waals surface area contributed by atoms with Gasteiger partial charge in [0.25, 0.3) is 0 Å². The molecule has 1 aromatic carbocycles. The lowest BCUT2D eigenvalue weighted by Gasteiger charge is -2.08. The Morgan fingerprint density at radius 2 is 2.19 bits per heavy atom. The molecule has 0 saturated carbocycles. The number of nitrogens with two attached hydrogens (primary N) is 1. The molecular weight excluding hydrogens is 202 g/mol. The Morgan fingerprint density at radius 1 is 1.38 bits per heavy atom. The van der Waals surface area contributed by atoms with Crippen LogP contribution in [-0.4, -0.2) is 19.8 Å². The highest BCUT2D eigenvalue weighted by Crippen LogP contribution is 2.14. The maximum absolute atomic E-state index is 5.66. The van der Waals surface area contributed by atoms with Gasteiger partial charge in [-0.2, -0.15) is 0 Å². The second-order valence-electron chi connectivity index (χ2n) is 4.05. The van der Waals surface area contributed by atoms with Crippen LogP contribution in [0.1, 0.15) is 25.3 Å². The summed E-state index contributed by atoms with van der Waals surface area (Å²) in [4.78, 5) is 0. The van der Waals surface area contributed by atoms with Crippen molar-refractivity contribution in [2.75, 3.05) is 13.7 Å². The van der Waals surface area contributed by atoms with Gasteiger partial charge in [-0.05, 0) is 37.5 Å². The van der Waals surface area contributed by atoms with Crippen molar-refractivity contribution in [1.82, 2.24) is 0 Å². The molecule has 0 aliphatic rings. The van der Waals surface area contributed by atoms with Gasteiger partial charge in [-0.25, -0.2) is 0 Å². The van der Waals surface area contributed by atoms with Crippen LogP contribution in [-0.2, 0) is 11.3 Å². The van der Waals surface area contributed by atoms with Gasteiger partial charge >= 0.3 is 0 Å². The monoisotopic (exact) mass is 223 g/mol. The zero-order chi connectivity index (χ0) is 11.8. The lowest BCUT2D eigenvalue weighted by Crippen LogP contribution is -2.15. The summed E-state index contributed by atoms with van der Waals surface area (Å²) in [7, 11) is 1.69. The van der Waals surface area contributed by atoms with E-state index in [-0.39, 0.29) is 6.04 Å². The Labute approximate surface area is 97.6 Å². The maximum Gasteiger partial charge on any atom is 0.119 e. The molecule has 1 atom stereocenters. The average molecular weight is 223 g/mol. The van der Waals surface area contributed by atoms with E-state index >= 15 is 0 Å². The van der Waals surface area contributed by atoms with E-state index in [1.165, 1.54) is 0 Å². The molecule has 3 nitrogen and oxygen atoms in total. The van der Waals surface area contributed by atoms with E-state index < -0.39 is 0 Å². The number of hydrogen-bond donors (Lipinski definition) is 1. The van der Waals surface area contributed by atoms with Crippen LogP contribution < -0.4 is 10.5 Å². The predicted octanol–water partition coefficient (Wildman–Crippen LogP) is 2.34. The van der Waals surface area contributed by atoms with Crippen molar-refractivity contribution in [3.05, 3.63) is 29.8 Å². The second kappa shape index (κ2) is 7.25. The highest BCUT2D eigenvalue weighted by molar-refractivity contribution is 5.28. The Balaban J connectivity index is 2.33. The van der Waals surface area contributed by atoms with Gasteiger partial charge in [0.05, 0.1) is 13.2 Å². The first-order chi connectivity index (χ1) is 7.72. The fourth-order valence-corrected chi connectivity index (χ4v) is 1.49. The van der Waals surface area contributed by atoms with E-state index in [2.05, 4.69) is 0 Å². The van der Waals surface area contributed by atoms with Crippen LogP contribution in [0.25, 0.3) is 0 Å². The van der Waals surface area contributed by atoms with Crippen molar-refractivity contribution in [1.29, 1.82) is 0 Å². The first-order valence-electron chi connectivity index (χ1n) is 5.68. The molecule has 1 unspecified atom stereocenters. The van der Waals surface area contributed by atoms with Gasteiger partial charge in [0.2, 0.25) is 0 Å². The molecular formula is C13H21NO2. The van der Waals surface area contributed by atoms with Crippen molar-refractivity contribution in [3.8, 4) is 5.75 Å². The summed E-state index contributed by atoms with van der Waals surface area (Å²) in [6.45, 7) is 3.36. The van der Waals surface area contributed by atoms with E-state index in [4.69, 9.17) is 15.2 Å². The Hall–Kier alpha value is -1.06. The number of benzene rings is 1. The molecule has 0 bridgehead atoms. The summed E-state index contributed by atoms with van der Waals surface area (Å²) in [5.74, 6) is 0.902. The molecule has 0 spiro atoms. The van der Waals surface area contributed by atoms with Crippen molar-refractivity contribution in [2.45, 2.75) is 32.4 Å². The molecule has 90 valence electrons. The molecule has 0 fully saturated rings. The number of ether oxygens (including phenoxy) is 2. The maximum atomic E-state index is 5.66. The highest BCUT2D eigenvalue weighted by atomic mass is 16.5. The summed E-state index contributed by atoms with van der Waals surface area (Å²) in [6, 6.07) is 8.23. The molecule has 3 heteroatoms. The van der Waals surface area contributed by atoms with Gasteiger partial charge in [0, 0.05) is 13.2 Å². The van der Waals surface area contributed by atoms with Crippen LogP contribution in [0.15, 0.2) is 24.3 Å². The van der Waals surface area contributed by atoms with E-state index in [0.29, 0.717) is 6.61 Å². The summed E-state index contributed by atoms with van der Waals surface area (Å²) in [6.07, 6.45) is 1.99. The molecule has 1 rings (SSSR count). The van der Waals surface area contributed by atoms with Gasteiger partial charge < -0.3 is 15.2 Å². The first kappa shape index (κ1) is 13.0. The van der Waals surface area contributed by atoms with Crippen molar-refractivity contribution in [3.63, 3.8) is 0 Å². The quantitative estimate of drug-likeness (QED) is 0.722. The Kier molecular flexibility index (Phi) is 5.90. The third kappa shape index (κ3) is 5.14. The molecule has 16 heavy (non-hydrogen) atoms. The van der Waals surface area contributed by atoms with Crippen LogP contribution in [0.5, 0.6) is 5.75 Å². The van der Waals surface area contributed by atoms with Gasteiger partial charge in [-0.15, -0.1) is 0 Å². The van der Waals surface area contributed by atoms with E-state index in [0.717, 1.165) is 30.8 Å². The highest BCUT2D eigenvalue weighted by Gasteiger charge is 1.98. The molecule has 1 aromatic rings. The smallest absolute Gasteiger partial charge is 0.119 e. The zero-order valence-electron chi connectivity index (χ0n) is 10.1. The Bertz CT molecular complexity index is 300. The molecule has 0 radical (unpaired) electrons. The molecule has 0 saturated heterocycles. The van der Waals surface area contributed by atoms with Gasteiger partial charge in [-0.3, -0.25) is 0 Å². The van der Waals surface area contributed by atoms with Gasteiger partial charge in [-0.1, -0.05) is 12.1 Å². The molecule has 0 aliphatic carbocycles. The topological polar surface area (TPSA) is 44.5 Å². The average Bonchev–Trinajstić information content (AvgIpc) is 2.25. The number of hydrogen-bond acceptors (Lipinski definition) is 3. The fraction of sp³-hybridized carbons (Fsp3) is 0.538. The SMILES string of the molecule is COCc1cccc(OCCCC(C)N)c1. The molecule has 0 aliphatic heterocycles. The van der Waals surface area contributed by atoms with Crippen molar-refractivity contribution >= 4 is 0 Å². The third-order valence-electron chi connectivity index (χ3n) is 2.28. The lowest BCUT2D eigenvalue weighted by atomic mass is 10.2. The largest absolute Gasteiger partial charge is 0.494 e. The van der Waals surface area contributed by atoms with Crippen molar-refractivity contribution in [2.24, 2.45) is 5.73 Å². The van der Waals surface area contributed by atoms with E-state index in [1.54, 1.807) is 7.11 Å². The fourth-order valence-electron chi connectivity index (χ4n) is 1.49. The summed E-state index contributed by atoms with van der Waals surface area (Å²) >= 11 is 0. The zero-order valence-corrected chi connectivity index (χ0v) is 10.1. The van der Waals surface area contributed by atoms with Crippen LogP contribution >= 0.6 is 0 Å². The minimum atomic E-state index is 0.253. The second-order valence-corrected chi connectivity index (χ2v) is 4.05. The summed E-state index contributed by atoms with van der Waals surface area (Å²) in [5, 5.41) is 0. The van der Waals surface area contributed by atoms with Crippen LogP contribution in [0.3, 0.4) is 0 Å². The standard InChI is InChI=1S/C13H21NO2/c1-11(14)5-4-8-16-13-7-3-6-12(9-13)10-15-2/h3,6-7,9,11H,4-5,8,10,14H2,1-2H3. The predicted molar refractivity (Wildman–Crippen MR) is 65.5 cm³/mol. The molecule has 0 amide bonds. The lowest BCUT2D eigenvalue weighted by molar-refractivity contribution is 0.184. The van der Waals surface area contributed by atoms with E-state index in [1.807, 2.05) is 31.2 Å². The van der Waals surface area contributed by atoms with Crippen LogP contribution in [0.2, 0.25) is 0 Å². The molecule has 0 aromatic heterocycles. The van der Waals surface area contributed by atoms with Gasteiger partial charge in [0.1, 0.15) is 5.75 Å². The van der Waals surface area contributed by atoms with E-state index in [9.17, 15) is 0 Å². The van der Waals surface area contributed by atoms with Crippen LogP contribution in [0, 0.1) is 0 Å². The summed E-state index contributed by atoms with van der Waals surface area (Å²) < 4.78 is 10.7. The normalized spacial score (nSPS) is 12.4.